The highest BCUT2D eigenvalue weighted by atomic mass is 32.1. The zero-order valence-corrected chi connectivity index (χ0v) is 19.7. The van der Waals surface area contributed by atoms with E-state index in [0.29, 0.717) is 44.3 Å². The van der Waals surface area contributed by atoms with Crippen LogP contribution in [0, 0.1) is 12.7 Å². The van der Waals surface area contributed by atoms with E-state index in [0.717, 1.165) is 12.8 Å². The lowest BCUT2D eigenvalue weighted by atomic mass is 10.2. The van der Waals surface area contributed by atoms with E-state index in [-0.39, 0.29) is 18.1 Å². The topological polar surface area (TPSA) is 93.7 Å². The number of carbonyl (C=O) groups is 2. The van der Waals surface area contributed by atoms with Gasteiger partial charge >= 0.3 is 5.97 Å². The predicted octanol–water partition coefficient (Wildman–Crippen LogP) is 4.45. The molecule has 174 valence electrons. The number of methoxy groups -OCH3 is 1. The molecule has 1 aromatic carbocycles. The summed E-state index contributed by atoms with van der Waals surface area (Å²) in [4.78, 5) is 35.2. The van der Waals surface area contributed by atoms with Gasteiger partial charge in [0.25, 0.3) is 0 Å². The number of hydrogen-bond donors (Lipinski definition) is 1. The van der Waals surface area contributed by atoms with Crippen LogP contribution >= 0.6 is 11.3 Å². The molecular weight excluding hydrogens is 447 g/mol. The number of thiophene rings is 1. The van der Waals surface area contributed by atoms with Crippen molar-refractivity contribution in [3.8, 4) is 5.75 Å². The summed E-state index contributed by atoms with van der Waals surface area (Å²) in [6, 6.07) is 4.37. The first kappa shape index (κ1) is 22.9. The smallest absolute Gasteiger partial charge is 0.348 e. The first-order valence-corrected chi connectivity index (χ1v) is 11.4. The van der Waals surface area contributed by atoms with Crippen molar-refractivity contribution in [2.75, 3.05) is 19.5 Å². The van der Waals surface area contributed by atoms with E-state index >= 15 is 0 Å². The van der Waals surface area contributed by atoms with Gasteiger partial charge in [0.2, 0.25) is 5.91 Å². The zero-order chi connectivity index (χ0) is 23.7. The molecule has 4 rings (SSSR count). The van der Waals surface area contributed by atoms with Crippen LogP contribution in [0.25, 0.3) is 10.2 Å². The molecule has 0 radical (unpaired) electrons. The molecule has 0 bridgehead atoms. The second kappa shape index (κ2) is 9.30. The molecule has 33 heavy (non-hydrogen) atoms. The Morgan fingerprint density at radius 3 is 2.79 bits per heavy atom. The molecule has 10 heteroatoms. The van der Waals surface area contributed by atoms with E-state index in [1.807, 2.05) is 6.92 Å². The Kier molecular flexibility index (Phi) is 6.46. The maximum Gasteiger partial charge on any atom is 0.348 e. The lowest BCUT2D eigenvalue weighted by Gasteiger charge is -2.23. The van der Waals surface area contributed by atoms with Gasteiger partial charge in [0, 0.05) is 32.5 Å². The number of carbonyl (C=O) groups excluding carboxylic acids is 2. The van der Waals surface area contributed by atoms with Gasteiger partial charge in [-0.15, -0.1) is 11.3 Å². The number of aromatic nitrogens is 2. The van der Waals surface area contributed by atoms with E-state index < -0.39 is 11.8 Å². The fourth-order valence-electron chi connectivity index (χ4n) is 4.09. The molecule has 1 fully saturated rings. The molecule has 8 nitrogen and oxygen atoms in total. The van der Waals surface area contributed by atoms with Gasteiger partial charge in [-0.25, -0.2) is 19.2 Å². The summed E-state index contributed by atoms with van der Waals surface area (Å²) in [6.07, 6.45) is 3.54. The first-order valence-electron chi connectivity index (χ1n) is 10.6. The molecule has 1 amide bonds. The average molecular weight is 473 g/mol. The predicted molar refractivity (Wildman–Crippen MR) is 124 cm³/mol. The van der Waals surface area contributed by atoms with Crippen molar-refractivity contribution in [1.29, 1.82) is 0 Å². The second-order valence-corrected chi connectivity index (χ2v) is 9.05. The minimum absolute atomic E-state index is 0.0130. The van der Waals surface area contributed by atoms with Crippen LogP contribution in [0.2, 0.25) is 0 Å². The first-order chi connectivity index (χ1) is 15.8. The fourth-order valence-corrected chi connectivity index (χ4v) is 5.16. The van der Waals surface area contributed by atoms with Crippen molar-refractivity contribution in [3.63, 3.8) is 0 Å². The van der Waals surface area contributed by atoms with Gasteiger partial charge in [0.15, 0.2) is 0 Å². The monoisotopic (exact) mass is 472 g/mol. The van der Waals surface area contributed by atoms with Crippen molar-refractivity contribution in [2.24, 2.45) is 0 Å². The van der Waals surface area contributed by atoms with Crippen LogP contribution in [0.5, 0.6) is 5.75 Å². The number of anilines is 2. The second-order valence-electron chi connectivity index (χ2n) is 8.05. The molecule has 1 aliphatic rings. The van der Waals surface area contributed by atoms with Crippen molar-refractivity contribution in [2.45, 2.75) is 45.3 Å². The van der Waals surface area contributed by atoms with Crippen LogP contribution < -0.4 is 10.1 Å². The summed E-state index contributed by atoms with van der Waals surface area (Å²) in [5.41, 5.74) is 1.26. The molecule has 1 N–H and O–H groups in total. The molecule has 1 aliphatic carbocycles. The normalized spacial score (nSPS) is 17.7. The molecule has 2 atom stereocenters. The van der Waals surface area contributed by atoms with E-state index in [1.165, 1.54) is 36.9 Å². The number of aryl methyl sites for hydroxylation is 1. The van der Waals surface area contributed by atoms with Crippen molar-refractivity contribution in [3.05, 3.63) is 40.8 Å². The zero-order valence-electron chi connectivity index (χ0n) is 18.8. The Morgan fingerprint density at radius 1 is 1.27 bits per heavy atom. The lowest BCUT2D eigenvalue weighted by Crippen LogP contribution is -2.34. The summed E-state index contributed by atoms with van der Waals surface area (Å²) < 4.78 is 25.1. The molecule has 1 saturated carbocycles. The standard InChI is InChI=1S/C23H25FN4O4S/c1-12-19-21(25-11-26-22(19)33-20(12)23(30)31-4)27-17-8-5-14(24)9-18(17)32-16-7-6-15(10-16)28(3)13(2)29/h5,8-9,11,15-16H,6-7,10H2,1-4H3,(H,25,26,27)/t15-,16-/m0/s1. The van der Waals surface area contributed by atoms with E-state index in [2.05, 4.69) is 15.3 Å². The van der Waals surface area contributed by atoms with Crippen molar-refractivity contribution < 1.29 is 23.5 Å². The van der Waals surface area contributed by atoms with Crippen LogP contribution in [-0.2, 0) is 9.53 Å². The fraction of sp³-hybridized carbons (Fsp3) is 0.391. The Hall–Kier alpha value is -3.27. The van der Waals surface area contributed by atoms with Gasteiger partial charge in [0.1, 0.15) is 39.5 Å². The third-order valence-electron chi connectivity index (χ3n) is 5.99. The van der Waals surface area contributed by atoms with Gasteiger partial charge in [-0.2, -0.15) is 0 Å². The van der Waals surface area contributed by atoms with Crippen LogP contribution in [0.1, 0.15) is 41.4 Å². The maximum absolute atomic E-state index is 14.1. The Labute approximate surface area is 194 Å². The maximum atomic E-state index is 14.1. The number of rotatable bonds is 6. The molecule has 2 heterocycles. The number of hydrogen-bond acceptors (Lipinski definition) is 8. The summed E-state index contributed by atoms with van der Waals surface area (Å²) in [5, 5.41) is 3.92. The molecule has 0 unspecified atom stereocenters. The highest BCUT2D eigenvalue weighted by Crippen LogP contribution is 2.38. The number of fused-ring (bicyclic) bond motifs is 1. The van der Waals surface area contributed by atoms with Crippen LogP contribution in [-0.4, -0.2) is 53.0 Å². The van der Waals surface area contributed by atoms with Crippen molar-refractivity contribution >= 4 is 44.9 Å². The van der Waals surface area contributed by atoms with Gasteiger partial charge < -0.3 is 19.7 Å². The van der Waals surface area contributed by atoms with E-state index in [1.54, 1.807) is 24.9 Å². The lowest BCUT2D eigenvalue weighted by molar-refractivity contribution is -0.129. The average Bonchev–Trinajstić information content (AvgIpc) is 3.39. The minimum atomic E-state index is -0.432. The minimum Gasteiger partial charge on any atom is -0.488 e. The summed E-state index contributed by atoms with van der Waals surface area (Å²) in [6.45, 7) is 3.36. The van der Waals surface area contributed by atoms with Crippen LogP contribution in [0.4, 0.5) is 15.9 Å². The van der Waals surface area contributed by atoms with Gasteiger partial charge in [-0.1, -0.05) is 0 Å². The van der Waals surface area contributed by atoms with Crippen LogP contribution in [0.3, 0.4) is 0 Å². The third kappa shape index (κ3) is 4.61. The number of halogens is 1. The SMILES string of the molecule is COC(=O)c1sc2ncnc(Nc3ccc(F)cc3O[C@H]3CC[C@H](N(C)C(C)=O)C3)c2c1C. The van der Waals surface area contributed by atoms with Gasteiger partial charge in [-0.3, -0.25) is 4.79 Å². The Morgan fingerprint density at radius 2 is 2.06 bits per heavy atom. The molecule has 2 aromatic heterocycles. The summed E-state index contributed by atoms with van der Waals surface area (Å²) in [7, 11) is 3.12. The van der Waals surface area contributed by atoms with Crippen molar-refractivity contribution in [1.82, 2.24) is 14.9 Å². The summed E-state index contributed by atoms with van der Waals surface area (Å²) >= 11 is 1.23. The summed E-state index contributed by atoms with van der Waals surface area (Å²) in [5.74, 6) is 0.0102. The largest absolute Gasteiger partial charge is 0.488 e. The van der Waals surface area contributed by atoms with E-state index in [4.69, 9.17) is 9.47 Å². The molecule has 3 aromatic rings. The van der Waals surface area contributed by atoms with E-state index in [9.17, 15) is 14.0 Å². The van der Waals surface area contributed by atoms with Crippen LogP contribution in [0.15, 0.2) is 24.5 Å². The molecule has 0 saturated heterocycles. The number of nitrogens with zero attached hydrogens (tertiary/aromatic N) is 3. The molecule has 0 spiro atoms. The number of amides is 1. The number of esters is 1. The highest BCUT2D eigenvalue weighted by molar-refractivity contribution is 7.20. The highest BCUT2D eigenvalue weighted by Gasteiger charge is 2.30. The Balaban J connectivity index is 1.61. The number of nitrogens with one attached hydrogen (secondary N) is 1. The van der Waals surface area contributed by atoms with Gasteiger partial charge in [0.05, 0.1) is 18.2 Å². The van der Waals surface area contributed by atoms with Gasteiger partial charge in [-0.05, 0) is 37.5 Å². The Bertz CT molecular complexity index is 1210. The number of benzene rings is 1. The third-order valence-corrected chi connectivity index (χ3v) is 7.17. The molecule has 0 aliphatic heterocycles. The quantitative estimate of drug-likeness (QED) is 0.530. The number of ether oxygens (including phenoxy) is 2. The molecular formula is C23H25FN4O4S.